The molecule has 7 nitrogen and oxygen atoms in total. The molecule has 7 heteroatoms. The summed E-state index contributed by atoms with van der Waals surface area (Å²) in [5.41, 5.74) is 0.414. The molecule has 3 saturated heterocycles. The number of ether oxygens (including phenoxy) is 4. The van der Waals surface area contributed by atoms with Gasteiger partial charge in [-0.15, -0.1) is 0 Å². The average molecular weight is 555 g/mol. The van der Waals surface area contributed by atoms with Gasteiger partial charge in [0.1, 0.15) is 17.6 Å². The van der Waals surface area contributed by atoms with Crippen LogP contribution in [-0.4, -0.2) is 59.3 Å². The van der Waals surface area contributed by atoms with Crippen LogP contribution in [0.2, 0.25) is 0 Å². The Labute approximate surface area is 238 Å². The number of hydrogen-bond donors (Lipinski definition) is 1. The van der Waals surface area contributed by atoms with Crippen LogP contribution in [0.4, 0.5) is 0 Å². The molecule has 1 aliphatic carbocycles. The van der Waals surface area contributed by atoms with Gasteiger partial charge in [0.25, 0.3) is 0 Å². The summed E-state index contributed by atoms with van der Waals surface area (Å²) >= 11 is 0. The van der Waals surface area contributed by atoms with E-state index in [-0.39, 0.29) is 30.5 Å². The second kappa shape index (κ2) is 11.3. The lowest BCUT2D eigenvalue weighted by Gasteiger charge is -2.50. The van der Waals surface area contributed by atoms with Crippen LogP contribution in [0.25, 0.3) is 0 Å². The number of fused-ring (bicyclic) bond motifs is 2. The third-order valence-electron chi connectivity index (χ3n) is 9.48. The second-order valence-corrected chi connectivity index (χ2v) is 13.2. The molecule has 3 fully saturated rings. The molecule has 1 N–H and O–H groups in total. The quantitative estimate of drug-likeness (QED) is 0.344. The molecule has 1 spiro atoms. The summed E-state index contributed by atoms with van der Waals surface area (Å²) in [6.45, 7) is 12.6. The monoisotopic (exact) mass is 554 g/mol. The minimum absolute atomic E-state index is 0.0615. The molecule has 2 bridgehead atoms. The predicted octanol–water partition coefficient (Wildman–Crippen LogP) is 5.38. The molecule has 0 radical (unpaired) electrons. The highest BCUT2D eigenvalue weighted by Gasteiger charge is 2.60. The van der Waals surface area contributed by atoms with Gasteiger partial charge in [-0.2, -0.15) is 0 Å². The van der Waals surface area contributed by atoms with E-state index in [0.717, 1.165) is 19.3 Å². The lowest BCUT2D eigenvalue weighted by Crippen LogP contribution is -2.57. The van der Waals surface area contributed by atoms with E-state index < -0.39 is 35.5 Å². The zero-order valence-corrected chi connectivity index (χ0v) is 24.9. The first-order chi connectivity index (χ1) is 18.9. The van der Waals surface area contributed by atoms with E-state index in [1.165, 1.54) is 5.57 Å². The molecule has 0 aromatic rings. The highest BCUT2D eigenvalue weighted by Crippen LogP contribution is 2.47. The maximum absolute atomic E-state index is 13.9. The van der Waals surface area contributed by atoms with Crippen molar-refractivity contribution >= 4 is 11.8 Å². The summed E-state index contributed by atoms with van der Waals surface area (Å²) in [5, 5.41) is 12.0. The highest BCUT2D eigenvalue weighted by atomic mass is 16.7. The SMILES string of the molecule is CC1=C[C@H]2C(=O)O[C@H]3C[C@@H](C/C=C(\C)C[C@@H](C)/C=C/C=C4\CO[C@@H](C1=O)[C@@]42O)O[C@@]1(CC[C@H](C)[C@@H](C(C)C)O1)C3. The Hall–Kier alpha value is -2.06. The molecular formula is C33H46O7. The molecule has 9 atom stereocenters. The minimum atomic E-state index is -1.78. The fourth-order valence-electron chi connectivity index (χ4n) is 7.33. The first-order valence-electron chi connectivity index (χ1n) is 15.1. The Balaban J connectivity index is 1.52. The topological polar surface area (TPSA) is 91.3 Å². The first kappa shape index (κ1) is 29.4. The minimum Gasteiger partial charge on any atom is -0.462 e. The largest absolute Gasteiger partial charge is 0.462 e. The van der Waals surface area contributed by atoms with E-state index in [9.17, 15) is 14.7 Å². The average Bonchev–Trinajstić information content (AvgIpc) is 3.23. The van der Waals surface area contributed by atoms with Gasteiger partial charge in [0.15, 0.2) is 17.7 Å². The van der Waals surface area contributed by atoms with Crippen molar-refractivity contribution in [2.75, 3.05) is 6.61 Å². The number of ketones is 1. The van der Waals surface area contributed by atoms with Crippen molar-refractivity contribution in [1.82, 2.24) is 0 Å². The van der Waals surface area contributed by atoms with Gasteiger partial charge < -0.3 is 24.1 Å². The van der Waals surface area contributed by atoms with Crippen molar-refractivity contribution in [3.8, 4) is 0 Å². The van der Waals surface area contributed by atoms with Gasteiger partial charge in [-0.3, -0.25) is 9.59 Å². The standard InChI is InChI=1S/C33H46O7/c1-19(2)29-22(5)12-13-32(40-29)17-26-16-25(39-32)11-10-21(4)14-20(3)8-7-9-24-18-37-30-28(34)23(6)15-27(31(35)38-26)33(24,30)36/h7-10,15,19-20,22,25-27,29-30,36H,11-14,16-18H2,1-6H3/b8-7+,21-10+,24-9+/t20-,22-,25+,26-,27-,29+,30-,32+,33+/m0/s1. The van der Waals surface area contributed by atoms with E-state index in [4.69, 9.17) is 18.9 Å². The maximum atomic E-state index is 13.9. The van der Waals surface area contributed by atoms with Gasteiger partial charge >= 0.3 is 5.97 Å². The number of carbonyl (C=O) groups excluding carboxylic acids is 2. The number of rotatable bonds is 1. The number of allylic oxidation sites excluding steroid dienone is 4. The van der Waals surface area contributed by atoms with Crippen molar-refractivity contribution in [2.24, 2.45) is 23.7 Å². The molecule has 4 heterocycles. The molecule has 0 saturated carbocycles. The lowest BCUT2D eigenvalue weighted by atomic mass is 9.71. The number of carbonyl (C=O) groups is 2. The lowest BCUT2D eigenvalue weighted by molar-refractivity contribution is -0.340. The molecule has 0 unspecified atom stereocenters. The van der Waals surface area contributed by atoms with Crippen LogP contribution in [0.15, 0.2) is 47.1 Å². The summed E-state index contributed by atoms with van der Waals surface area (Å²) in [7, 11) is 0. The molecule has 0 aromatic heterocycles. The fraction of sp³-hybridized carbons (Fsp3) is 0.697. The van der Waals surface area contributed by atoms with Gasteiger partial charge in [0.2, 0.25) is 0 Å². The van der Waals surface area contributed by atoms with E-state index in [2.05, 4.69) is 46.8 Å². The Bertz CT molecular complexity index is 1130. The number of esters is 1. The third-order valence-corrected chi connectivity index (χ3v) is 9.48. The van der Waals surface area contributed by atoms with Crippen LogP contribution in [0.3, 0.4) is 0 Å². The summed E-state index contributed by atoms with van der Waals surface area (Å²) in [6.07, 6.45) is 12.3. The van der Waals surface area contributed by atoms with Crippen LogP contribution >= 0.6 is 0 Å². The number of Topliss-reactive ketones (excluding diaryl/α,β-unsaturated/α-hetero) is 1. The number of aliphatic hydroxyl groups is 1. The Morgan fingerprint density at radius 3 is 2.62 bits per heavy atom. The van der Waals surface area contributed by atoms with Gasteiger partial charge in [-0.1, -0.05) is 63.6 Å². The third kappa shape index (κ3) is 5.55. The Morgan fingerprint density at radius 1 is 1.10 bits per heavy atom. The molecule has 0 amide bonds. The Kier molecular flexibility index (Phi) is 8.33. The first-order valence-corrected chi connectivity index (χ1v) is 15.1. The zero-order valence-electron chi connectivity index (χ0n) is 24.9. The van der Waals surface area contributed by atoms with E-state index >= 15 is 0 Å². The van der Waals surface area contributed by atoms with Gasteiger partial charge in [-0.25, -0.2) is 0 Å². The van der Waals surface area contributed by atoms with Gasteiger partial charge in [-0.05, 0) is 62.0 Å². The van der Waals surface area contributed by atoms with E-state index in [1.807, 2.05) is 6.08 Å². The van der Waals surface area contributed by atoms with Gasteiger partial charge in [0.05, 0.1) is 18.8 Å². The van der Waals surface area contributed by atoms with Crippen LogP contribution in [0.5, 0.6) is 0 Å². The summed E-state index contributed by atoms with van der Waals surface area (Å²) in [6, 6.07) is 0. The molecule has 0 aromatic carbocycles. The smallest absolute Gasteiger partial charge is 0.316 e. The summed E-state index contributed by atoms with van der Waals surface area (Å²) < 4.78 is 25.5. The molecule has 220 valence electrons. The fourth-order valence-corrected chi connectivity index (χ4v) is 7.33. The van der Waals surface area contributed by atoms with Crippen LogP contribution in [-0.2, 0) is 28.5 Å². The second-order valence-electron chi connectivity index (χ2n) is 13.2. The molecule has 5 rings (SSSR count). The molecule has 5 aliphatic rings. The number of hydrogen-bond acceptors (Lipinski definition) is 7. The van der Waals surface area contributed by atoms with Crippen LogP contribution in [0, 0.1) is 23.7 Å². The van der Waals surface area contributed by atoms with E-state index in [0.29, 0.717) is 42.2 Å². The zero-order chi connectivity index (χ0) is 28.8. The van der Waals surface area contributed by atoms with Crippen LogP contribution < -0.4 is 0 Å². The van der Waals surface area contributed by atoms with E-state index in [1.54, 1.807) is 19.1 Å². The maximum Gasteiger partial charge on any atom is 0.316 e. The Morgan fingerprint density at radius 2 is 1.88 bits per heavy atom. The van der Waals surface area contributed by atoms with Crippen LogP contribution in [0.1, 0.15) is 80.1 Å². The normalized spacial score (nSPS) is 46.1. The van der Waals surface area contributed by atoms with Crippen molar-refractivity contribution in [3.05, 3.63) is 47.1 Å². The highest BCUT2D eigenvalue weighted by molar-refractivity contribution is 6.03. The summed E-state index contributed by atoms with van der Waals surface area (Å²) in [5.74, 6) is -1.66. The van der Waals surface area contributed by atoms with Crippen molar-refractivity contribution in [2.45, 2.75) is 116 Å². The molecule has 40 heavy (non-hydrogen) atoms. The predicted molar refractivity (Wildman–Crippen MR) is 151 cm³/mol. The molecule has 4 aliphatic heterocycles. The summed E-state index contributed by atoms with van der Waals surface area (Å²) in [4.78, 5) is 26.9. The van der Waals surface area contributed by atoms with Crippen molar-refractivity contribution < 1.29 is 33.6 Å². The van der Waals surface area contributed by atoms with Crippen molar-refractivity contribution in [1.29, 1.82) is 0 Å². The van der Waals surface area contributed by atoms with Gasteiger partial charge in [0, 0.05) is 19.3 Å². The molecular weight excluding hydrogens is 508 g/mol. The van der Waals surface area contributed by atoms with Crippen molar-refractivity contribution in [3.63, 3.8) is 0 Å².